The molecule has 2 aromatic carbocycles. The highest BCUT2D eigenvalue weighted by Gasteiger charge is 2.29. The van der Waals surface area contributed by atoms with Crippen molar-refractivity contribution in [2.45, 2.75) is 19.9 Å². The predicted molar refractivity (Wildman–Crippen MR) is 96.6 cm³/mol. The van der Waals surface area contributed by atoms with Crippen molar-refractivity contribution in [2.24, 2.45) is 0 Å². The maximum atomic E-state index is 12.5. The Labute approximate surface area is 147 Å². The molecule has 0 spiro atoms. The van der Waals surface area contributed by atoms with Crippen LogP contribution in [0.25, 0.3) is 11.1 Å². The van der Waals surface area contributed by atoms with Gasteiger partial charge in [0, 0.05) is 31.1 Å². The Morgan fingerprint density at radius 1 is 1.16 bits per heavy atom. The SMILES string of the molecule is CCOc1ccccc1-c1cccc(C(=O)NC2CN(C(C)=O)C2)c1. The van der Waals surface area contributed by atoms with Crippen LogP contribution in [0.4, 0.5) is 0 Å². The number of nitrogens with one attached hydrogen (secondary N) is 1. The van der Waals surface area contributed by atoms with Crippen molar-refractivity contribution in [2.75, 3.05) is 19.7 Å². The van der Waals surface area contributed by atoms with Crippen molar-refractivity contribution in [3.8, 4) is 16.9 Å². The Morgan fingerprint density at radius 3 is 2.64 bits per heavy atom. The molecule has 1 heterocycles. The molecule has 0 atom stereocenters. The maximum Gasteiger partial charge on any atom is 0.251 e. The highest BCUT2D eigenvalue weighted by Crippen LogP contribution is 2.30. The zero-order valence-corrected chi connectivity index (χ0v) is 14.5. The van der Waals surface area contributed by atoms with Gasteiger partial charge < -0.3 is 15.0 Å². The van der Waals surface area contributed by atoms with Crippen molar-refractivity contribution in [3.63, 3.8) is 0 Å². The van der Waals surface area contributed by atoms with Gasteiger partial charge in [0.15, 0.2) is 0 Å². The second kappa shape index (κ2) is 7.38. The van der Waals surface area contributed by atoms with Crippen LogP contribution in [-0.2, 0) is 4.79 Å². The van der Waals surface area contributed by atoms with E-state index in [1.807, 2.05) is 49.4 Å². The lowest BCUT2D eigenvalue weighted by atomic mass is 10.0. The lowest BCUT2D eigenvalue weighted by Gasteiger charge is -2.38. The fourth-order valence-corrected chi connectivity index (χ4v) is 2.91. The molecule has 0 radical (unpaired) electrons. The summed E-state index contributed by atoms with van der Waals surface area (Å²) in [7, 11) is 0. The summed E-state index contributed by atoms with van der Waals surface area (Å²) in [5, 5.41) is 2.97. The fraction of sp³-hybridized carbons (Fsp3) is 0.300. The zero-order valence-electron chi connectivity index (χ0n) is 14.5. The summed E-state index contributed by atoms with van der Waals surface area (Å²) in [5.74, 6) is 0.725. The summed E-state index contributed by atoms with van der Waals surface area (Å²) in [6, 6.07) is 15.3. The van der Waals surface area contributed by atoms with Crippen LogP contribution in [0.5, 0.6) is 5.75 Å². The van der Waals surface area contributed by atoms with Gasteiger partial charge in [-0.05, 0) is 30.7 Å². The topological polar surface area (TPSA) is 58.6 Å². The molecular formula is C20H22N2O3. The van der Waals surface area contributed by atoms with Crippen molar-refractivity contribution in [1.82, 2.24) is 10.2 Å². The van der Waals surface area contributed by atoms with Crippen molar-refractivity contribution >= 4 is 11.8 Å². The molecule has 2 amide bonds. The molecule has 0 saturated carbocycles. The quantitative estimate of drug-likeness (QED) is 0.912. The van der Waals surface area contributed by atoms with Crippen molar-refractivity contribution < 1.29 is 14.3 Å². The van der Waals surface area contributed by atoms with Crippen LogP contribution in [0.3, 0.4) is 0 Å². The van der Waals surface area contributed by atoms with E-state index in [1.165, 1.54) is 6.92 Å². The molecule has 3 rings (SSSR count). The van der Waals surface area contributed by atoms with Gasteiger partial charge in [0.05, 0.1) is 12.6 Å². The fourth-order valence-electron chi connectivity index (χ4n) is 2.91. The minimum absolute atomic E-state index is 0.0239. The van der Waals surface area contributed by atoms with E-state index in [0.29, 0.717) is 25.3 Å². The number of carbonyl (C=O) groups is 2. The minimum Gasteiger partial charge on any atom is -0.493 e. The molecule has 0 bridgehead atoms. The van der Waals surface area contributed by atoms with E-state index < -0.39 is 0 Å². The molecule has 5 nitrogen and oxygen atoms in total. The molecule has 2 aromatic rings. The molecule has 0 aliphatic carbocycles. The summed E-state index contributed by atoms with van der Waals surface area (Å²) in [5.41, 5.74) is 2.51. The van der Waals surface area contributed by atoms with Crippen LogP contribution in [0.2, 0.25) is 0 Å². The Hall–Kier alpha value is -2.82. The van der Waals surface area contributed by atoms with E-state index in [1.54, 1.807) is 11.0 Å². The summed E-state index contributed by atoms with van der Waals surface area (Å²) in [6.07, 6.45) is 0. The van der Waals surface area contributed by atoms with Gasteiger partial charge >= 0.3 is 0 Å². The van der Waals surface area contributed by atoms with E-state index in [4.69, 9.17) is 4.74 Å². The van der Waals surface area contributed by atoms with Crippen molar-refractivity contribution in [1.29, 1.82) is 0 Å². The lowest BCUT2D eigenvalue weighted by molar-refractivity contribution is -0.133. The molecule has 0 aromatic heterocycles. The first-order valence-electron chi connectivity index (χ1n) is 8.47. The molecule has 1 aliphatic rings. The lowest BCUT2D eigenvalue weighted by Crippen LogP contribution is -2.60. The molecule has 1 fully saturated rings. The average molecular weight is 338 g/mol. The molecule has 1 N–H and O–H groups in total. The van der Waals surface area contributed by atoms with E-state index in [2.05, 4.69) is 5.32 Å². The number of amides is 2. The van der Waals surface area contributed by atoms with Crippen LogP contribution in [0.15, 0.2) is 48.5 Å². The monoisotopic (exact) mass is 338 g/mol. The predicted octanol–water partition coefficient (Wildman–Crippen LogP) is 2.71. The molecule has 130 valence electrons. The number of nitrogens with zero attached hydrogens (tertiary/aromatic N) is 1. The third-order valence-corrected chi connectivity index (χ3v) is 4.28. The first-order valence-corrected chi connectivity index (χ1v) is 8.47. The smallest absolute Gasteiger partial charge is 0.251 e. The van der Waals surface area contributed by atoms with Gasteiger partial charge in [0.25, 0.3) is 5.91 Å². The zero-order chi connectivity index (χ0) is 17.8. The number of hydrogen-bond donors (Lipinski definition) is 1. The standard InChI is InChI=1S/C20H22N2O3/c1-3-25-19-10-5-4-9-18(19)15-7-6-8-16(11-15)20(24)21-17-12-22(13-17)14(2)23/h4-11,17H,3,12-13H2,1-2H3,(H,21,24). The Kier molecular flexibility index (Phi) is 5.03. The van der Waals surface area contributed by atoms with Crippen LogP contribution in [0, 0.1) is 0 Å². The molecule has 25 heavy (non-hydrogen) atoms. The second-order valence-corrected chi connectivity index (χ2v) is 6.10. The number of hydrogen-bond acceptors (Lipinski definition) is 3. The van der Waals surface area contributed by atoms with Gasteiger partial charge in [-0.3, -0.25) is 9.59 Å². The van der Waals surface area contributed by atoms with Gasteiger partial charge in [0.1, 0.15) is 5.75 Å². The summed E-state index contributed by atoms with van der Waals surface area (Å²) < 4.78 is 5.68. The third kappa shape index (κ3) is 3.82. The maximum absolute atomic E-state index is 12.5. The van der Waals surface area contributed by atoms with E-state index in [9.17, 15) is 9.59 Å². The number of para-hydroxylation sites is 1. The van der Waals surface area contributed by atoms with Gasteiger partial charge in [-0.1, -0.05) is 30.3 Å². The number of ether oxygens (including phenoxy) is 1. The van der Waals surface area contributed by atoms with Gasteiger partial charge in [-0.25, -0.2) is 0 Å². The summed E-state index contributed by atoms with van der Waals surface area (Å²) in [6.45, 7) is 5.23. The second-order valence-electron chi connectivity index (χ2n) is 6.10. The number of likely N-dealkylation sites (tertiary alicyclic amines) is 1. The van der Waals surface area contributed by atoms with Crippen LogP contribution in [-0.4, -0.2) is 42.5 Å². The third-order valence-electron chi connectivity index (χ3n) is 4.28. The molecule has 1 saturated heterocycles. The van der Waals surface area contributed by atoms with Crippen LogP contribution >= 0.6 is 0 Å². The van der Waals surface area contributed by atoms with Crippen LogP contribution in [0.1, 0.15) is 24.2 Å². The Bertz CT molecular complexity index is 782. The minimum atomic E-state index is -0.121. The van der Waals surface area contributed by atoms with Crippen LogP contribution < -0.4 is 10.1 Å². The van der Waals surface area contributed by atoms with E-state index in [0.717, 1.165) is 16.9 Å². The Morgan fingerprint density at radius 2 is 1.92 bits per heavy atom. The highest BCUT2D eigenvalue weighted by atomic mass is 16.5. The van der Waals surface area contributed by atoms with E-state index in [-0.39, 0.29) is 17.9 Å². The van der Waals surface area contributed by atoms with Gasteiger partial charge in [-0.2, -0.15) is 0 Å². The molecular weight excluding hydrogens is 316 g/mol. The number of benzene rings is 2. The molecule has 0 unspecified atom stereocenters. The number of carbonyl (C=O) groups excluding carboxylic acids is 2. The van der Waals surface area contributed by atoms with Gasteiger partial charge in [-0.15, -0.1) is 0 Å². The van der Waals surface area contributed by atoms with Gasteiger partial charge in [0.2, 0.25) is 5.91 Å². The first-order chi connectivity index (χ1) is 12.1. The normalized spacial score (nSPS) is 13.9. The highest BCUT2D eigenvalue weighted by molar-refractivity contribution is 5.96. The number of rotatable bonds is 5. The van der Waals surface area contributed by atoms with E-state index >= 15 is 0 Å². The average Bonchev–Trinajstić information content (AvgIpc) is 2.58. The largest absolute Gasteiger partial charge is 0.493 e. The van der Waals surface area contributed by atoms with Crippen molar-refractivity contribution in [3.05, 3.63) is 54.1 Å². The Balaban J connectivity index is 1.74. The summed E-state index contributed by atoms with van der Waals surface area (Å²) in [4.78, 5) is 25.4. The molecule has 1 aliphatic heterocycles. The first kappa shape index (κ1) is 17.0. The molecule has 5 heteroatoms. The summed E-state index contributed by atoms with van der Waals surface area (Å²) >= 11 is 0.